The second-order valence-corrected chi connectivity index (χ2v) is 9.87. The van der Waals surface area contributed by atoms with Gasteiger partial charge in [0.1, 0.15) is 0 Å². The summed E-state index contributed by atoms with van der Waals surface area (Å²) >= 11 is 1.71. The van der Waals surface area contributed by atoms with Gasteiger partial charge >= 0.3 is 5.97 Å². The first-order valence-corrected chi connectivity index (χ1v) is 13.0. The van der Waals surface area contributed by atoms with E-state index in [9.17, 15) is 9.59 Å². The first-order chi connectivity index (χ1) is 16.6. The zero-order valence-corrected chi connectivity index (χ0v) is 20.3. The number of carbonyl (C=O) groups excluding carboxylic acids is 1. The Hall–Kier alpha value is -2.32. The summed E-state index contributed by atoms with van der Waals surface area (Å²) < 4.78 is 11.9. The molecule has 1 aromatic carbocycles. The van der Waals surface area contributed by atoms with Gasteiger partial charge in [0.05, 0.1) is 32.0 Å². The molecule has 1 N–H and O–H groups in total. The van der Waals surface area contributed by atoms with E-state index < -0.39 is 5.97 Å². The molecule has 34 heavy (non-hydrogen) atoms. The van der Waals surface area contributed by atoms with Crippen molar-refractivity contribution in [2.24, 2.45) is 5.92 Å². The normalized spacial score (nSPS) is 23.6. The lowest BCUT2D eigenvalue weighted by Crippen LogP contribution is -2.49. The number of rotatable bonds is 11. The van der Waals surface area contributed by atoms with Crippen molar-refractivity contribution in [2.45, 2.75) is 50.9 Å². The van der Waals surface area contributed by atoms with E-state index in [1.807, 2.05) is 24.3 Å². The quantitative estimate of drug-likeness (QED) is 0.366. The van der Waals surface area contributed by atoms with E-state index in [1.165, 1.54) is 10.4 Å². The van der Waals surface area contributed by atoms with Crippen LogP contribution in [0.4, 0.5) is 0 Å². The average molecular weight is 484 g/mol. The van der Waals surface area contributed by atoms with Gasteiger partial charge in [0.15, 0.2) is 5.78 Å². The number of allylic oxidation sites excluding steroid dienone is 2. The zero-order chi connectivity index (χ0) is 23.8. The van der Waals surface area contributed by atoms with Crippen LogP contribution in [0.3, 0.4) is 0 Å². The predicted molar refractivity (Wildman–Crippen MR) is 133 cm³/mol. The Kier molecular flexibility index (Phi) is 9.04. The van der Waals surface area contributed by atoms with Crippen molar-refractivity contribution in [1.29, 1.82) is 0 Å². The highest BCUT2D eigenvalue weighted by atomic mass is 32.1. The number of aliphatic carboxylic acids is 1. The van der Waals surface area contributed by atoms with Crippen LogP contribution in [0.25, 0.3) is 10.4 Å². The van der Waals surface area contributed by atoms with Gasteiger partial charge in [0.25, 0.3) is 0 Å². The van der Waals surface area contributed by atoms with Crippen LogP contribution < -0.4 is 0 Å². The van der Waals surface area contributed by atoms with E-state index >= 15 is 0 Å². The summed E-state index contributed by atoms with van der Waals surface area (Å²) in [6.45, 7) is 3.35. The molecule has 6 nitrogen and oxygen atoms in total. The van der Waals surface area contributed by atoms with Crippen LogP contribution in [0.2, 0.25) is 0 Å². The van der Waals surface area contributed by atoms with E-state index in [-0.39, 0.29) is 30.3 Å². The summed E-state index contributed by atoms with van der Waals surface area (Å²) in [5.41, 5.74) is 2.34. The highest BCUT2D eigenvalue weighted by Crippen LogP contribution is 2.35. The summed E-state index contributed by atoms with van der Waals surface area (Å²) in [4.78, 5) is 27.2. The number of hydrogen-bond donors (Lipinski definition) is 1. The Balaban J connectivity index is 1.39. The number of unbranched alkanes of at least 4 members (excludes halogenated alkanes) is 1. The van der Waals surface area contributed by atoms with Crippen LogP contribution in [0.15, 0.2) is 53.9 Å². The number of thiophene rings is 1. The molecule has 2 aromatic rings. The van der Waals surface area contributed by atoms with Crippen molar-refractivity contribution in [3.63, 3.8) is 0 Å². The Bertz CT molecular complexity index is 966. The molecule has 1 saturated heterocycles. The highest BCUT2D eigenvalue weighted by molar-refractivity contribution is 7.13. The number of benzene rings is 1. The number of carbonyl (C=O) groups is 2. The smallest absolute Gasteiger partial charge is 0.303 e. The molecular formula is C27H33NO5S. The van der Waals surface area contributed by atoms with Crippen molar-refractivity contribution in [3.05, 3.63) is 59.5 Å². The fraction of sp³-hybridized carbons (Fsp3) is 0.481. The molecule has 0 bridgehead atoms. The van der Waals surface area contributed by atoms with Gasteiger partial charge in [-0.25, -0.2) is 0 Å². The zero-order valence-electron chi connectivity index (χ0n) is 19.4. The Labute approximate surface area is 205 Å². The maximum absolute atomic E-state index is 13.1. The fourth-order valence-electron chi connectivity index (χ4n) is 4.86. The molecule has 3 atom stereocenters. The van der Waals surface area contributed by atoms with Crippen LogP contribution >= 0.6 is 11.3 Å². The van der Waals surface area contributed by atoms with Gasteiger partial charge in [-0.2, -0.15) is 0 Å². The minimum Gasteiger partial charge on any atom is -0.481 e. The Morgan fingerprint density at radius 2 is 2.00 bits per heavy atom. The molecule has 0 unspecified atom stereocenters. The van der Waals surface area contributed by atoms with Crippen LogP contribution in [0, 0.1) is 5.92 Å². The lowest BCUT2D eigenvalue weighted by atomic mass is 9.95. The number of carboxylic acids is 1. The summed E-state index contributed by atoms with van der Waals surface area (Å²) in [5.74, 6) is -0.417. The molecule has 2 fully saturated rings. The molecule has 0 amide bonds. The molecule has 2 heterocycles. The molecular weight excluding hydrogens is 450 g/mol. The van der Waals surface area contributed by atoms with Crippen LogP contribution in [0.1, 0.15) is 37.7 Å². The van der Waals surface area contributed by atoms with Crippen molar-refractivity contribution >= 4 is 23.1 Å². The minimum absolute atomic E-state index is 0.0913. The molecule has 1 aliphatic heterocycles. The molecule has 2 aliphatic rings. The van der Waals surface area contributed by atoms with Gasteiger partial charge in [-0.1, -0.05) is 42.5 Å². The van der Waals surface area contributed by atoms with Crippen molar-refractivity contribution in [2.75, 3.05) is 26.3 Å². The summed E-state index contributed by atoms with van der Waals surface area (Å²) in [6, 6.07) is 12.4. The number of hydrogen-bond acceptors (Lipinski definition) is 6. The standard InChI is InChI=1S/C27H33NO5S/c29-23-17-24(33-18-20-16-25(34-19-20)21-8-4-3-5-9-21)22(10-6-1-2-7-11-26(30)31)27(23)28-12-14-32-15-13-28/h1,3-6,8-9,16,19,22,24,27H,2,7,10-15,17-18H2,(H,30,31)/b6-1-/t22-,24-,27+/m1/s1. The van der Waals surface area contributed by atoms with E-state index in [0.717, 1.165) is 31.5 Å². The number of morpholine rings is 1. The van der Waals surface area contributed by atoms with Gasteiger partial charge in [-0.15, -0.1) is 11.3 Å². The van der Waals surface area contributed by atoms with Crippen LogP contribution in [-0.2, 0) is 25.7 Å². The maximum Gasteiger partial charge on any atom is 0.303 e. The second kappa shape index (κ2) is 12.4. The van der Waals surface area contributed by atoms with Crippen molar-refractivity contribution < 1.29 is 24.2 Å². The van der Waals surface area contributed by atoms with Gasteiger partial charge in [-0.3, -0.25) is 14.5 Å². The summed E-state index contributed by atoms with van der Waals surface area (Å²) in [6.07, 6.45) is 6.77. The number of ether oxygens (including phenoxy) is 2. The van der Waals surface area contributed by atoms with Gasteiger partial charge in [0.2, 0.25) is 0 Å². The first kappa shape index (κ1) is 24.8. The molecule has 1 saturated carbocycles. The Morgan fingerprint density at radius 3 is 2.76 bits per heavy atom. The van der Waals surface area contributed by atoms with Gasteiger partial charge < -0.3 is 14.6 Å². The minimum atomic E-state index is -0.764. The average Bonchev–Trinajstić information content (AvgIpc) is 3.45. The lowest BCUT2D eigenvalue weighted by Gasteiger charge is -2.35. The third-order valence-corrected chi connectivity index (χ3v) is 7.59. The van der Waals surface area contributed by atoms with Crippen LogP contribution in [-0.4, -0.2) is 60.2 Å². The van der Waals surface area contributed by atoms with E-state index in [0.29, 0.717) is 32.7 Å². The number of nitrogens with zero attached hydrogens (tertiary/aromatic N) is 1. The molecule has 1 aliphatic carbocycles. The SMILES string of the molecule is O=C(O)CCC/C=C\C[C@H]1[C@H](N2CCOCC2)C(=O)C[C@H]1OCc1csc(-c2ccccc2)c1. The molecule has 4 rings (SSSR count). The monoisotopic (exact) mass is 483 g/mol. The molecule has 1 aromatic heterocycles. The number of ketones is 1. The van der Waals surface area contributed by atoms with Crippen LogP contribution in [0.5, 0.6) is 0 Å². The Morgan fingerprint density at radius 1 is 1.21 bits per heavy atom. The third-order valence-electron chi connectivity index (χ3n) is 6.57. The third kappa shape index (κ3) is 6.63. The maximum atomic E-state index is 13.1. The topological polar surface area (TPSA) is 76.1 Å². The summed E-state index contributed by atoms with van der Waals surface area (Å²) in [5, 5.41) is 10.9. The van der Waals surface area contributed by atoms with Crippen molar-refractivity contribution in [1.82, 2.24) is 4.90 Å². The van der Waals surface area contributed by atoms with Crippen molar-refractivity contribution in [3.8, 4) is 10.4 Å². The van der Waals surface area contributed by atoms with E-state index in [2.05, 4.69) is 34.6 Å². The first-order valence-electron chi connectivity index (χ1n) is 12.1. The predicted octanol–water partition coefficient (Wildman–Crippen LogP) is 4.79. The second-order valence-electron chi connectivity index (χ2n) is 8.96. The molecule has 0 radical (unpaired) electrons. The highest BCUT2D eigenvalue weighted by Gasteiger charge is 2.45. The lowest BCUT2D eigenvalue weighted by molar-refractivity contribution is -0.137. The van der Waals surface area contributed by atoms with Gasteiger partial charge in [-0.05, 0) is 41.8 Å². The molecule has 7 heteroatoms. The molecule has 0 spiro atoms. The van der Waals surface area contributed by atoms with E-state index in [1.54, 1.807) is 11.3 Å². The van der Waals surface area contributed by atoms with Gasteiger partial charge in [0, 0.05) is 36.7 Å². The number of carboxylic acid groups (broad SMARTS) is 1. The summed E-state index contributed by atoms with van der Waals surface area (Å²) in [7, 11) is 0. The largest absolute Gasteiger partial charge is 0.481 e. The van der Waals surface area contributed by atoms with E-state index in [4.69, 9.17) is 14.6 Å². The molecule has 182 valence electrons. The number of Topliss-reactive ketones (excluding diaryl/α,β-unsaturated/α-hetero) is 1. The fourth-order valence-corrected chi connectivity index (χ4v) is 5.76.